The van der Waals surface area contributed by atoms with Gasteiger partial charge in [-0.05, 0) is 18.9 Å². The zero-order valence-corrected chi connectivity index (χ0v) is 8.06. The summed E-state index contributed by atoms with van der Waals surface area (Å²) in [6.07, 6.45) is 5.18. The molecule has 2 aromatic rings. The molecule has 0 radical (unpaired) electrons. The van der Waals surface area contributed by atoms with Crippen LogP contribution in [0.2, 0.25) is 0 Å². The molecule has 15 heavy (non-hydrogen) atoms. The average molecular weight is 199 g/mol. The number of benzene rings is 1. The largest absolute Gasteiger partial charge is 0.464 e. The first-order chi connectivity index (χ1) is 7.36. The lowest BCUT2D eigenvalue weighted by Gasteiger charge is -2.03. The van der Waals surface area contributed by atoms with Gasteiger partial charge in [0.25, 0.3) is 0 Å². The highest BCUT2D eigenvalue weighted by atomic mass is 16.3. The van der Waals surface area contributed by atoms with E-state index in [9.17, 15) is 4.79 Å². The van der Waals surface area contributed by atoms with Gasteiger partial charge < -0.3 is 4.42 Å². The van der Waals surface area contributed by atoms with Crippen molar-refractivity contribution in [2.45, 2.75) is 18.4 Å². The second-order valence-corrected chi connectivity index (χ2v) is 3.88. The van der Waals surface area contributed by atoms with Crippen LogP contribution in [0.15, 0.2) is 39.9 Å². The van der Waals surface area contributed by atoms with Crippen LogP contribution in [0.25, 0.3) is 11.0 Å². The highest BCUT2D eigenvalue weighted by molar-refractivity contribution is 5.82. The lowest BCUT2D eigenvalue weighted by molar-refractivity contribution is 0.554. The summed E-state index contributed by atoms with van der Waals surface area (Å²) in [5.41, 5.74) is 1.52. The van der Waals surface area contributed by atoms with Crippen LogP contribution in [0, 0.1) is 0 Å². The zero-order valence-electron chi connectivity index (χ0n) is 8.06. The topological polar surface area (TPSA) is 42.6 Å². The number of rotatable bonds is 2. The summed E-state index contributed by atoms with van der Waals surface area (Å²) in [5.74, 6) is 0. The summed E-state index contributed by atoms with van der Waals surface area (Å²) in [6, 6.07) is 7.80. The van der Waals surface area contributed by atoms with E-state index in [4.69, 9.17) is 4.42 Å². The fourth-order valence-electron chi connectivity index (χ4n) is 1.99. The molecule has 1 aromatic heterocycles. The van der Waals surface area contributed by atoms with Gasteiger partial charge in [0.05, 0.1) is 6.26 Å². The van der Waals surface area contributed by atoms with E-state index in [2.05, 4.69) is 4.99 Å². The molecule has 0 unspecified atom stereocenters. The Hall–Kier alpha value is -1.86. The van der Waals surface area contributed by atoms with Gasteiger partial charge in [0, 0.05) is 10.9 Å². The predicted molar refractivity (Wildman–Crippen MR) is 55.2 cm³/mol. The quantitative estimate of drug-likeness (QED) is 0.551. The third-order valence-corrected chi connectivity index (χ3v) is 2.97. The molecule has 0 N–H and O–H groups in total. The molecule has 0 aliphatic heterocycles. The summed E-state index contributed by atoms with van der Waals surface area (Å²) in [7, 11) is 0. The van der Waals surface area contributed by atoms with E-state index in [0.717, 1.165) is 29.4 Å². The fourth-order valence-corrected chi connectivity index (χ4v) is 1.99. The zero-order chi connectivity index (χ0) is 10.3. The molecule has 1 heterocycles. The van der Waals surface area contributed by atoms with Gasteiger partial charge in [-0.15, -0.1) is 0 Å². The SMILES string of the molecule is O=C=NC1(c2coc3ccccc23)CC1. The smallest absolute Gasteiger partial charge is 0.235 e. The average Bonchev–Trinajstić information content (AvgIpc) is 2.91. The van der Waals surface area contributed by atoms with Crippen molar-refractivity contribution in [3.05, 3.63) is 36.1 Å². The van der Waals surface area contributed by atoms with E-state index in [0.29, 0.717) is 0 Å². The summed E-state index contributed by atoms with van der Waals surface area (Å²) in [5, 5.41) is 1.05. The van der Waals surface area contributed by atoms with Crippen molar-refractivity contribution < 1.29 is 9.21 Å². The van der Waals surface area contributed by atoms with Gasteiger partial charge in [0.15, 0.2) is 0 Å². The Morgan fingerprint density at radius 2 is 2.13 bits per heavy atom. The predicted octanol–water partition coefficient (Wildman–Crippen LogP) is 2.76. The van der Waals surface area contributed by atoms with Crippen molar-refractivity contribution >= 4 is 17.0 Å². The van der Waals surface area contributed by atoms with Gasteiger partial charge in [0.2, 0.25) is 6.08 Å². The molecule has 3 heteroatoms. The Morgan fingerprint density at radius 1 is 1.33 bits per heavy atom. The summed E-state index contributed by atoms with van der Waals surface area (Å²) >= 11 is 0. The Bertz CT molecular complexity index is 560. The van der Waals surface area contributed by atoms with E-state index < -0.39 is 0 Å². The summed E-state index contributed by atoms with van der Waals surface area (Å²) in [4.78, 5) is 14.3. The number of carbonyl (C=O) groups excluding carboxylic acids is 1. The molecule has 0 saturated heterocycles. The monoisotopic (exact) mass is 199 g/mol. The number of furan rings is 1. The minimum Gasteiger partial charge on any atom is -0.464 e. The Labute approximate surface area is 86.4 Å². The van der Waals surface area contributed by atoms with Crippen LogP contribution >= 0.6 is 0 Å². The number of aliphatic imine (C=N–C) groups is 1. The van der Waals surface area contributed by atoms with Gasteiger partial charge in [-0.3, -0.25) is 0 Å². The van der Waals surface area contributed by atoms with Gasteiger partial charge >= 0.3 is 0 Å². The normalized spacial score (nSPS) is 17.3. The van der Waals surface area contributed by atoms with Crippen LogP contribution in [0.5, 0.6) is 0 Å². The Morgan fingerprint density at radius 3 is 2.87 bits per heavy atom. The molecular formula is C12H9NO2. The highest BCUT2D eigenvalue weighted by Crippen LogP contribution is 2.51. The van der Waals surface area contributed by atoms with Crippen LogP contribution in [0.4, 0.5) is 0 Å². The summed E-state index contributed by atoms with van der Waals surface area (Å²) in [6.45, 7) is 0. The van der Waals surface area contributed by atoms with Gasteiger partial charge in [-0.25, -0.2) is 4.79 Å². The molecule has 1 aliphatic rings. The number of hydrogen-bond donors (Lipinski definition) is 0. The van der Waals surface area contributed by atoms with Crippen molar-refractivity contribution in [1.82, 2.24) is 0 Å². The van der Waals surface area contributed by atoms with Crippen molar-refractivity contribution in [2.75, 3.05) is 0 Å². The minimum absolute atomic E-state index is 0.339. The first-order valence-corrected chi connectivity index (χ1v) is 4.91. The van der Waals surface area contributed by atoms with Crippen molar-refractivity contribution in [1.29, 1.82) is 0 Å². The number of nitrogens with zero attached hydrogens (tertiary/aromatic N) is 1. The lowest BCUT2D eigenvalue weighted by atomic mass is 10.0. The van der Waals surface area contributed by atoms with E-state index in [1.54, 1.807) is 12.3 Å². The first-order valence-electron chi connectivity index (χ1n) is 4.91. The number of para-hydroxylation sites is 1. The third kappa shape index (κ3) is 1.14. The van der Waals surface area contributed by atoms with Gasteiger partial charge in [0.1, 0.15) is 11.1 Å². The molecule has 74 valence electrons. The molecule has 1 aromatic carbocycles. The molecule has 0 spiro atoms. The molecule has 1 aliphatic carbocycles. The van der Waals surface area contributed by atoms with Crippen molar-refractivity contribution in [3.63, 3.8) is 0 Å². The molecular weight excluding hydrogens is 190 g/mol. The molecule has 3 nitrogen and oxygen atoms in total. The maximum absolute atomic E-state index is 10.4. The van der Waals surface area contributed by atoms with Crippen LogP contribution in [0.1, 0.15) is 18.4 Å². The van der Waals surface area contributed by atoms with Crippen molar-refractivity contribution in [2.24, 2.45) is 4.99 Å². The van der Waals surface area contributed by atoms with Crippen molar-refractivity contribution in [3.8, 4) is 0 Å². The molecule has 0 amide bonds. The fraction of sp³-hybridized carbons (Fsp3) is 0.250. The van der Waals surface area contributed by atoms with Crippen LogP contribution in [-0.2, 0) is 10.3 Å². The van der Waals surface area contributed by atoms with E-state index in [1.807, 2.05) is 24.3 Å². The van der Waals surface area contributed by atoms with Crippen LogP contribution in [-0.4, -0.2) is 6.08 Å². The van der Waals surface area contributed by atoms with Crippen LogP contribution in [0.3, 0.4) is 0 Å². The molecule has 1 saturated carbocycles. The molecule has 0 bridgehead atoms. The second kappa shape index (κ2) is 2.81. The number of hydrogen-bond acceptors (Lipinski definition) is 3. The molecule has 1 fully saturated rings. The summed E-state index contributed by atoms with van der Waals surface area (Å²) < 4.78 is 5.43. The van der Waals surface area contributed by atoms with E-state index in [-0.39, 0.29) is 5.54 Å². The van der Waals surface area contributed by atoms with Crippen LogP contribution < -0.4 is 0 Å². The molecule has 3 rings (SSSR count). The van der Waals surface area contributed by atoms with Gasteiger partial charge in [-0.1, -0.05) is 18.2 Å². The third-order valence-electron chi connectivity index (χ3n) is 2.97. The lowest BCUT2D eigenvalue weighted by Crippen LogP contribution is -2.00. The first kappa shape index (κ1) is 8.45. The van der Waals surface area contributed by atoms with E-state index in [1.165, 1.54) is 0 Å². The maximum atomic E-state index is 10.4. The van der Waals surface area contributed by atoms with Gasteiger partial charge in [-0.2, -0.15) is 4.99 Å². The minimum atomic E-state index is -0.339. The number of fused-ring (bicyclic) bond motifs is 1. The maximum Gasteiger partial charge on any atom is 0.235 e. The standard InChI is InChI=1S/C12H9NO2/c14-8-13-12(5-6-12)10-7-15-11-4-2-1-3-9(10)11/h1-4,7H,5-6H2. The van der Waals surface area contributed by atoms with E-state index >= 15 is 0 Å². The number of isocyanates is 1. The highest BCUT2D eigenvalue weighted by Gasteiger charge is 2.46. The Kier molecular flexibility index (Phi) is 1.58. The molecule has 0 atom stereocenters. The Balaban J connectivity index is 2.24. The second-order valence-electron chi connectivity index (χ2n) is 3.88.